The van der Waals surface area contributed by atoms with Crippen molar-refractivity contribution >= 4 is 5.97 Å². The van der Waals surface area contributed by atoms with Crippen molar-refractivity contribution in [3.05, 3.63) is 0 Å². The summed E-state index contributed by atoms with van der Waals surface area (Å²) < 4.78 is 5.86. The summed E-state index contributed by atoms with van der Waals surface area (Å²) in [7, 11) is 0. The number of rotatable bonds is 4. The maximum Gasteiger partial charge on any atom is 0.320 e. The van der Waals surface area contributed by atoms with E-state index in [1.165, 1.54) is 32.1 Å². The van der Waals surface area contributed by atoms with Crippen LogP contribution in [0.4, 0.5) is 0 Å². The van der Waals surface area contributed by atoms with Gasteiger partial charge >= 0.3 is 5.97 Å². The van der Waals surface area contributed by atoms with E-state index in [2.05, 4.69) is 25.7 Å². The Hall–Kier alpha value is -0.570. The predicted molar refractivity (Wildman–Crippen MR) is 81.5 cm³/mol. The predicted octanol–water partition coefficient (Wildman–Crippen LogP) is 3.48. The Bertz CT molecular complexity index is 310. The van der Waals surface area contributed by atoms with Gasteiger partial charge in [0.05, 0.1) is 6.54 Å². The number of piperidine rings is 1. The second kappa shape index (κ2) is 7.44. The monoisotopic (exact) mass is 281 g/mol. The van der Waals surface area contributed by atoms with Gasteiger partial charge in [0.2, 0.25) is 0 Å². The molecule has 1 aliphatic heterocycles. The van der Waals surface area contributed by atoms with E-state index in [-0.39, 0.29) is 12.1 Å². The molecule has 1 saturated heterocycles. The fourth-order valence-corrected chi connectivity index (χ4v) is 3.76. The second-order valence-corrected chi connectivity index (χ2v) is 7.19. The van der Waals surface area contributed by atoms with Crippen LogP contribution >= 0.6 is 0 Å². The molecule has 0 bridgehead atoms. The molecule has 3 atom stereocenters. The first-order chi connectivity index (χ1) is 9.56. The zero-order chi connectivity index (χ0) is 14.5. The zero-order valence-electron chi connectivity index (χ0n) is 13.4. The van der Waals surface area contributed by atoms with E-state index in [0.717, 1.165) is 19.5 Å². The maximum absolute atomic E-state index is 12.2. The lowest BCUT2D eigenvalue weighted by Gasteiger charge is -2.37. The third-order valence-corrected chi connectivity index (χ3v) is 5.05. The molecule has 2 fully saturated rings. The number of hydrogen-bond acceptors (Lipinski definition) is 3. The van der Waals surface area contributed by atoms with Gasteiger partial charge in [-0.15, -0.1) is 0 Å². The number of ether oxygens (including phenoxy) is 1. The molecule has 0 aromatic heterocycles. The average molecular weight is 281 g/mol. The van der Waals surface area contributed by atoms with Gasteiger partial charge < -0.3 is 4.74 Å². The zero-order valence-corrected chi connectivity index (χ0v) is 13.4. The normalized spacial score (nSPS) is 32.3. The second-order valence-electron chi connectivity index (χ2n) is 7.19. The number of esters is 1. The van der Waals surface area contributed by atoms with E-state index in [9.17, 15) is 4.79 Å². The van der Waals surface area contributed by atoms with Crippen LogP contribution in [-0.4, -0.2) is 36.6 Å². The van der Waals surface area contributed by atoms with Crippen molar-refractivity contribution in [2.45, 2.75) is 65.4 Å². The first kappa shape index (κ1) is 15.8. The van der Waals surface area contributed by atoms with Crippen molar-refractivity contribution in [2.24, 2.45) is 17.8 Å². The molecule has 0 aromatic rings. The van der Waals surface area contributed by atoms with Crippen LogP contribution in [0.2, 0.25) is 0 Å². The summed E-state index contributed by atoms with van der Waals surface area (Å²) in [5.41, 5.74) is 0. The van der Waals surface area contributed by atoms with Gasteiger partial charge in [0.1, 0.15) is 6.10 Å². The van der Waals surface area contributed by atoms with Gasteiger partial charge in [-0.2, -0.15) is 0 Å². The van der Waals surface area contributed by atoms with Crippen LogP contribution in [0.15, 0.2) is 0 Å². The van der Waals surface area contributed by atoms with Crippen molar-refractivity contribution in [1.29, 1.82) is 0 Å². The highest BCUT2D eigenvalue weighted by molar-refractivity contribution is 5.71. The van der Waals surface area contributed by atoms with E-state index < -0.39 is 0 Å². The van der Waals surface area contributed by atoms with Crippen LogP contribution in [-0.2, 0) is 9.53 Å². The van der Waals surface area contributed by atoms with Gasteiger partial charge in [0.15, 0.2) is 0 Å². The molecule has 1 heterocycles. The van der Waals surface area contributed by atoms with E-state index in [0.29, 0.717) is 24.3 Å². The minimum atomic E-state index is -0.00310. The Labute approximate surface area is 124 Å². The Morgan fingerprint density at radius 2 is 1.90 bits per heavy atom. The molecule has 0 aromatic carbocycles. The number of hydrogen-bond donors (Lipinski definition) is 0. The van der Waals surface area contributed by atoms with Crippen LogP contribution in [0.5, 0.6) is 0 Å². The summed E-state index contributed by atoms with van der Waals surface area (Å²) in [4.78, 5) is 14.4. The Morgan fingerprint density at radius 3 is 2.55 bits per heavy atom. The molecule has 1 aliphatic carbocycles. The molecule has 2 aliphatic rings. The largest absolute Gasteiger partial charge is 0.461 e. The number of carbonyl (C=O) groups is 1. The average Bonchev–Trinajstić information content (AvgIpc) is 2.39. The van der Waals surface area contributed by atoms with Gasteiger partial charge in [0.25, 0.3) is 0 Å². The summed E-state index contributed by atoms with van der Waals surface area (Å²) in [6.45, 7) is 9.41. The first-order valence-corrected chi connectivity index (χ1v) is 8.48. The quantitative estimate of drug-likeness (QED) is 0.739. The van der Waals surface area contributed by atoms with Gasteiger partial charge in [0, 0.05) is 0 Å². The van der Waals surface area contributed by atoms with E-state index >= 15 is 0 Å². The van der Waals surface area contributed by atoms with Crippen LogP contribution in [0.25, 0.3) is 0 Å². The molecule has 0 N–H and O–H groups in total. The number of carbonyl (C=O) groups excluding carboxylic acids is 1. The van der Waals surface area contributed by atoms with Crippen molar-refractivity contribution < 1.29 is 9.53 Å². The summed E-state index contributed by atoms with van der Waals surface area (Å²) >= 11 is 0. The Balaban J connectivity index is 1.83. The maximum atomic E-state index is 12.2. The summed E-state index contributed by atoms with van der Waals surface area (Å²) in [5, 5.41) is 0. The third kappa shape index (κ3) is 4.47. The molecule has 0 amide bonds. The van der Waals surface area contributed by atoms with Crippen LogP contribution in [0.1, 0.15) is 59.3 Å². The molecule has 1 saturated carbocycles. The summed E-state index contributed by atoms with van der Waals surface area (Å²) in [5.74, 6) is 1.85. The summed E-state index contributed by atoms with van der Waals surface area (Å²) in [6.07, 6.45) is 7.44. The molecular formula is C17H31NO2. The lowest BCUT2D eigenvalue weighted by Crippen LogP contribution is -2.40. The van der Waals surface area contributed by atoms with Crippen LogP contribution in [0.3, 0.4) is 0 Å². The third-order valence-electron chi connectivity index (χ3n) is 5.05. The molecule has 0 radical (unpaired) electrons. The number of nitrogens with zero attached hydrogens (tertiary/aromatic N) is 1. The highest BCUT2D eigenvalue weighted by Crippen LogP contribution is 2.35. The summed E-state index contributed by atoms with van der Waals surface area (Å²) in [6, 6.07) is 0. The standard InChI is InChI=1S/C17H31NO2/c1-13(2)15-8-7-14(3)11-16(15)20-17(19)12-18-9-5-4-6-10-18/h13-16H,4-12H2,1-3H3/t14-,15+,16+/m1/s1. The fourth-order valence-electron chi connectivity index (χ4n) is 3.76. The molecule has 0 unspecified atom stereocenters. The van der Waals surface area contributed by atoms with Gasteiger partial charge in [-0.3, -0.25) is 9.69 Å². The van der Waals surface area contributed by atoms with E-state index in [1.807, 2.05) is 0 Å². The highest BCUT2D eigenvalue weighted by Gasteiger charge is 2.33. The van der Waals surface area contributed by atoms with Crippen LogP contribution < -0.4 is 0 Å². The highest BCUT2D eigenvalue weighted by atomic mass is 16.5. The Kier molecular flexibility index (Phi) is 5.88. The molecule has 0 spiro atoms. The smallest absolute Gasteiger partial charge is 0.320 e. The topological polar surface area (TPSA) is 29.5 Å². The first-order valence-electron chi connectivity index (χ1n) is 8.48. The van der Waals surface area contributed by atoms with Crippen molar-refractivity contribution in [1.82, 2.24) is 4.90 Å². The molecule has 2 rings (SSSR count). The lowest BCUT2D eigenvalue weighted by molar-refractivity contribution is -0.157. The van der Waals surface area contributed by atoms with Crippen molar-refractivity contribution in [3.8, 4) is 0 Å². The van der Waals surface area contributed by atoms with E-state index in [4.69, 9.17) is 4.74 Å². The van der Waals surface area contributed by atoms with Crippen molar-refractivity contribution in [2.75, 3.05) is 19.6 Å². The molecule has 3 nitrogen and oxygen atoms in total. The lowest BCUT2D eigenvalue weighted by atomic mass is 9.75. The molecule has 3 heteroatoms. The van der Waals surface area contributed by atoms with Gasteiger partial charge in [-0.1, -0.05) is 33.6 Å². The van der Waals surface area contributed by atoms with Crippen LogP contribution in [0, 0.1) is 17.8 Å². The van der Waals surface area contributed by atoms with E-state index in [1.54, 1.807) is 0 Å². The SMILES string of the molecule is CC(C)[C@@H]1CC[C@@H](C)C[C@@H]1OC(=O)CN1CCCCC1. The molecule has 20 heavy (non-hydrogen) atoms. The van der Waals surface area contributed by atoms with Gasteiger partial charge in [-0.05, 0) is 56.5 Å². The van der Waals surface area contributed by atoms with Gasteiger partial charge in [-0.25, -0.2) is 0 Å². The minimum absolute atomic E-state index is 0.00310. The van der Waals surface area contributed by atoms with Crippen molar-refractivity contribution in [3.63, 3.8) is 0 Å². The molecular weight excluding hydrogens is 250 g/mol. The fraction of sp³-hybridized carbons (Fsp3) is 0.941. The minimum Gasteiger partial charge on any atom is -0.461 e. The number of likely N-dealkylation sites (tertiary alicyclic amines) is 1. The molecule has 116 valence electrons. The Morgan fingerprint density at radius 1 is 1.20 bits per heavy atom.